The third kappa shape index (κ3) is 2.39. The van der Waals surface area contributed by atoms with E-state index in [1.54, 1.807) is 4.90 Å². The van der Waals surface area contributed by atoms with Crippen LogP contribution in [0.25, 0.3) is 0 Å². The van der Waals surface area contributed by atoms with E-state index in [0.29, 0.717) is 12.3 Å². The second kappa shape index (κ2) is 4.77. The molecule has 2 unspecified atom stereocenters. The molecule has 1 aliphatic heterocycles. The maximum absolute atomic E-state index is 12.6. The maximum atomic E-state index is 12.6. The lowest BCUT2D eigenvalue weighted by Crippen LogP contribution is -2.37. The lowest BCUT2D eigenvalue weighted by atomic mass is 10.0. The van der Waals surface area contributed by atoms with Crippen LogP contribution in [0.2, 0.25) is 0 Å². The predicted octanol–water partition coefficient (Wildman–Crippen LogP) is 2.30. The normalized spacial score (nSPS) is 30.1. The number of alkyl halides is 1. The van der Waals surface area contributed by atoms with Crippen LogP contribution in [0.5, 0.6) is 0 Å². The van der Waals surface area contributed by atoms with Gasteiger partial charge in [0.25, 0.3) is 0 Å². The fourth-order valence-electron chi connectivity index (χ4n) is 2.53. The summed E-state index contributed by atoms with van der Waals surface area (Å²) in [4.78, 5) is 13.6. The third-order valence-electron chi connectivity index (χ3n) is 3.42. The van der Waals surface area contributed by atoms with Crippen LogP contribution in [0.1, 0.15) is 32.1 Å². The smallest absolute Gasteiger partial charge is 0.223 e. The first-order valence-electron chi connectivity index (χ1n) is 5.83. The lowest BCUT2D eigenvalue weighted by molar-refractivity contribution is -0.133. The summed E-state index contributed by atoms with van der Waals surface area (Å²) >= 11 is 0. The van der Waals surface area contributed by atoms with Gasteiger partial charge in [0.05, 0.1) is 6.04 Å². The summed E-state index contributed by atoms with van der Waals surface area (Å²) in [5.74, 6) is 0.546. The number of rotatable bonds is 3. The molecule has 1 saturated heterocycles. The standard InChI is InChI=1S/C12H18FNO/c13-9-11-6-3-7-14(11)12(15)8-10-4-1-2-5-10/h1,4,10-11H,2-3,5-9H2. The highest BCUT2D eigenvalue weighted by Crippen LogP contribution is 2.24. The molecule has 0 aromatic heterocycles. The largest absolute Gasteiger partial charge is 0.337 e. The predicted molar refractivity (Wildman–Crippen MR) is 57.2 cm³/mol. The highest BCUT2D eigenvalue weighted by Gasteiger charge is 2.29. The van der Waals surface area contributed by atoms with Crippen LogP contribution in [0.4, 0.5) is 4.39 Å². The molecule has 1 heterocycles. The highest BCUT2D eigenvalue weighted by atomic mass is 19.1. The molecule has 1 amide bonds. The van der Waals surface area contributed by atoms with Crippen molar-refractivity contribution in [3.63, 3.8) is 0 Å². The molecular weight excluding hydrogens is 193 g/mol. The number of allylic oxidation sites excluding steroid dienone is 2. The van der Waals surface area contributed by atoms with Gasteiger partial charge >= 0.3 is 0 Å². The molecule has 2 atom stereocenters. The van der Waals surface area contributed by atoms with Gasteiger partial charge in [0.1, 0.15) is 6.67 Å². The first-order chi connectivity index (χ1) is 7.31. The summed E-state index contributed by atoms with van der Waals surface area (Å²) in [5.41, 5.74) is 0. The van der Waals surface area contributed by atoms with Crippen molar-refractivity contribution >= 4 is 5.91 Å². The molecule has 1 aliphatic carbocycles. The Morgan fingerprint density at radius 3 is 3.00 bits per heavy atom. The molecule has 1 fully saturated rings. The quantitative estimate of drug-likeness (QED) is 0.656. The van der Waals surface area contributed by atoms with Crippen LogP contribution >= 0.6 is 0 Å². The van der Waals surface area contributed by atoms with E-state index < -0.39 is 0 Å². The van der Waals surface area contributed by atoms with Gasteiger partial charge in [-0.1, -0.05) is 12.2 Å². The van der Waals surface area contributed by atoms with Crippen molar-refractivity contribution in [2.24, 2.45) is 5.92 Å². The van der Waals surface area contributed by atoms with Gasteiger partial charge in [-0.15, -0.1) is 0 Å². The number of halogens is 1. The first kappa shape index (κ1) is 10.7. The summed E-state index contributed by atoms with van der Waals surface area (Å²) in [6.45, 7) is 0.371. The van der Waals surface area contributed by atoms with Crippen molar-refractivity contribution in [3.05, 3.63) is 12.2 Å². The van der Waals surface area contributed by atoms with Crippen LogP contribution in [0.3, 0.4) is 0 Å². The van der Waals surface area contributed by atoms with Gasteiger partial charge < -0.3 is 4.90 Å². The monoisotopic (exact) mass is 211 g/mol. The number of nitrogens with zero attached hydrogens (tertiary/aromatic N) is 1. The second-order valence-electron chi connectivity index (χ2n) is 4.51. The molecule has 0 aromatic carbocycles. The topological polar surface area (TPSA) is 20.3 Å². The van der Waals surface area contributed by atoms with E-state index in [9.17, 15) is 9.18 Å². The van der Waals surface area contributed by atoms with Crippen molar-refractivity contribution < 1.29 is 9.18 Å². The minimum atomic E-state index is -0.383. The number of amides is 1. The molecule has 0 radical (unpaired) electrons. The van der Waals surface area contributed by atoms with Gasteiger partial charge in [0, 0.05) is 13.0 Å². The number of hydrogen-bond donors (Lipinski definition) is 0. The molecule has 15 heavy (non-hydrogen) atoms. The molecule has 84 valence electrons. The van der Waals surface area contributed by atoms with Crippen LogP contribution < -0.4 is 0 Å². The summed E-state index contributed by atoms with van der Waals surface area (Å²) in [7, 11) is 0. The van der Waals surface area contributed by atoms with E-state index in [2.05, 4.69) is 12.2 Å². The summed E-state index contributed by atoms with van der Waals surface area (Å²) in [6, 6.07) is -0.136. The van der Waals surface area contributed by atoms with E-state index in [0.717, 1.165) is 32.2 Å². The van der Waals surface area contributed by atoms with Crippen molar-refractivity contribution in [2.75, 3.05) is 13.2 Å². The second-order valence-corrected chi connectivity index (χ2v) is 4.51. The molecule has 2 rings (SSSR count). The Bertz CT molecular complexity index is 264. The Labute approximate surface area is 90.1 Å². The van der Waals surface area contributed by atoms with E-state index >= 15 is 0 Å². The Balaban J connectivity index is 1.86. The number of likely N-dealkylation sites (tertiary alicyclic amines) is 1. The summed E-state index contributed by atoms with van der Waals surface area (Å²) < 4.78 is 12.6. The molecule has 0 bridgehead atoms. The summed E-state index contributed by atoms with van der Waals surface area (Å²) in [5, 5.41) is 0. The number of hydrogen-bond acceptors (Lipinski definition) is 1. The molecular formula is C12H18FNO. The average Bonchev–Trinajstić information content (AvgIpc) is 2.86. The average molecular weight is 211 g/mol. The van der Waals surface area contributed by atoms with Crippen molar-refractivity contribution in [3.8, 4) is 0 Å². The van der Waals surface area contributed by atoms with Crippen LogP contribution in [0.15, 0.2) is 12.2 Å². The zero-order valence-electron chi connectivity index (χ0n) is 8.99. The van der Waals surface area contributed by atoms with Gasteiger partial charge in [0.2, 0.25) is 5.91 Å². The summed E-state index contributed by atoms with van der Waals surface area (Å²) in [6.07, 6.45) is 8.80. The van der Waals surface area contributed by atoms with E-state index in [4.69, 9.17) is 0 Å². The van der Waals surface area contributed by atoms with Crippen LogP contribution in [0, 0.1) is 5.92 Å². The van der Waals surface area contributed by atoms with E-state index in [-0.39, 0.29) is 18.6 Å². The zero-order valence-corrected chi connectivity index (χ0v) is 8.99. The van der Waals surface area contributed by atoms with Crippen LogP contribution in [-0.2, 0) is 4.79 Å². The van der Waals surface area contributed by atoms with Gasteiger partial charge in [-0.2, -0.15) is 0 Å². The molecule has 0 N–H and O–H groups in total. The molecule has 2 aliphatic rings. The van der Waals surface area contributed by atoms with Crippen molar-refractivity contribution in [1.29, 1.82) is 0 Å². The van der Waals surface area contributed by atoms with Crippen LogP contribution in [-0.4, -0.2) is 30.1 Å². The minimum absolute atomic E-state index is 0.136. The Morgan fingerprint density at radius 1 is 1.47 bits per heavy atom. The maximum Gasteiger partial charge on any atom is 0.223 e. The van der Waals surface area contributed by atoms with Gasteiger partial charge in [-0.3, -0.25) is 4.79 Å². The molecule has 3 heteroatoms. The third-order valence-corrected chi connectivity index (χ3v) is 3.42. The number of carbonyl (C=O) groups is 1. The lowest BCUT2D eigenvalue weighted by Gasteiger charge is -2.23. The Morgan fingerprint density at radius 2 is 2.33 bits per heavy atom. The van der Waals surface area contributed by atoms with Gasteiger partial charge in [-0.05, 0) is 31.6 Å². The fraction of sp³-hybridized carbons (Fsp3) is 0.750. The Hall–Kier alpha value is -0.860. The molecule has 0 saturated carbocycles. The van der Waals surface area contributed by atoms with Gasteiger partial charge in [0.15, 0.2) is 0 Å². The molecule has 0 aromatic rings. The molecule has 0 spiro atoms. The highest BCUT2D eigenvalue weighted by molar-refractivity contribution is 5.77. The van der Waals surface area contributed by atoms with Crippen molar-refractivity contribution in [2.45, 2.75) is 38.1 Å². The Kier molecular flexibility index (Phi) is 3.39. The molecule has 2 nitrogen and oxygen atoms in total. The first-order valence-corrected chi connectivity index (χ1v) is 5.83. The van der Waals surface area contributed by atoms with E-state index in [1.807, 2.05) is 0 Å². The van der Waals surface area contributed by atoms with Crippen molar-refractivity contribution in [1.82, 2.24) is 4.90 Å². The minimum Gasteiger partial charge on any atom is -0.337 e. The van der Waals surface area contributed by atoms with E-state index in [1.165, 1.54) is 0 Å². The fourth-order valence-corrected chi connectivity index (χ4v) is 2.53. The SMILES string of the molecule is O=C(CC1C=CCC1)N1CCCC1CF. The zero-order chi connectivity index (χ0) is 10.7. The van der Waals surface area contributed by atoms with Gasteiger partial charge in [-0.25, -0.2) is 4.39 Å². The number of carbonyl (C=O) groups excluding carboxylic acids is 1.